The monoisotopic (exact) mass is 536 g/mol. The first-order valence-corrected chi connectivity index (χ1v) is 14.5. The lowest BCUT2D eigenvalue weighted by Crippen LogP contribution is -2.39. The molecule has 188 valence electrons. The van der Waals surface area contributed by atoms with Gasteiger partial charge in [-0.1, -0.05) is 30.0 Å². The molecule has 2 fully saturated rings. The standard InChI is InChI=1S/C23H28N4O5S3/c1-14(2)32-10-5-8-24-19-17(21(28)26-9-4-6-15(3)20(26)25-19)12-18-22(29)27(23(33)34-18)16-7-11-35(30,31)13-16/h4,6,9,12,14,16,24H,5,7-8,10-11,13H2,1-3H3/b18-12-/t16-/m0/s1. The third-order valence-corrected chi connectivity index (χ3v) is 8.90. The Balaban J connectivity index is 1.68. The van der Waals surface area contributed by atoms with Gasteiger partial charge >= 0.3 is 0 Å². The van der Waals surface area contributed by atoms with Crippen LogP contribution in [0.5, 0.6) is 0 Å². The number of sulfone groups is 1. The van der Waals surface area contributed by atoms with E-state index in [0.29, 0.717) is 41.8 Å². The van der Waals surface area contributed by atoms with Crippen molar-refractivity contribution in [2.75, 3.05) is 30.0 Å². The number of aromatic nitrogens is 2. The van der Waals surface area contributed by atoms with Gasteiger partial charge in [0.15, 0.2) is 9.84 Å². The fraction of sp³-hybridized carbons (Fsp3) is 0.478. The molecule has 1 N–H and O–H groups in total. The van der Waals surface area contributed by atoms with Crippen molar-refractivity contribution < 1.29 is 17.9 Å². The van der Waals surface area contributed by atoms with E-state index in [1.54, 1.807) is 12.3 Å². The summed E-state index contributed by atoms with van der Waals surface area (Å²) >= 11 is 6.48. The number of hydrogen-bond donors (Lipinski definition) is 1. The molecule has 0 radical (unpaired) electrons. The number of pyridine rings is 1. The lowest BCUT2D eigenvalue weighted by Gasteiger charge is -2.20. The maximum atomic E-state index is 13.4. The highest BCUT2D eigenvalue weighted by molar-refractivity contribution is 8.26. The van der Waals surface area contributed by atoms with Crippen molar-refractivity contribution in [1.82, 2.24) is 14.3 Å². The van der Waals surface area contributed by atoms with Gasteiger partial charge in [0.05, 0.1) is 34.1 Å². The first-order chi connectivity index (χ1) is 16.6. The number of thioether (sulfide) groups is 1. The van der Waals surface area contributed by atoms with Crippen molar-refractivity contribution in [3.8, 4) is 0 Å². The fourth-order valence-corrected chi connectivity index (χ4v) is 7.16. The normalized spacial score (nSPS) is 21.1. The van der Waals surface area contributed by atoms with Crippen LogP contribution in [0.25, 0.3) is 11.7 Å². The van der Waals surface area contributed by atoms with Gasteiger partial charge < -0.3 is 10.1 Å². The van der Waals surface area contributed by atoms with E-state index in [2.05, 4.69) is 5.32 Å². The molecule has 1 amide bonds. The van der Waals surface area contributed by atoms with E-state index in [0.717, 1.165) is 17.3 Å². The number of amides is 1. The molecule has 2 aromatic heterocycles. The molecular formula is C23H28N4O5S3. The SMILES string of the molecule is Cc1cccn2c(=O)c(/C=C3\SC(=S)N([C@H]4CCS(=O)(=O)C4)C3=O)c(NCCCOC(C)C)nc12. The largest absolute Gasteiger partial charge is 0.379 e. The van der Waals surface area contributed by atoms with Gasteiger partial charge in [-0.15, -0.1) is 0 Å². The Hall–Kier alpha value is -2.28. The molecule has 2 aliphatic heterocycles. The van der Waals surface area contributed by atoms with Gasteiger partial charge in [0, 0.05) is 19.3 Å². The van der Waals surface area contributed by atoms with Crippen LogP contribution in [0, 0.1) is 6.92 Å². The third kappa shape index (κ3) is 5.60. The minimum Gasteiger partial charge on any atom is -0.379 e. The Morgan fingerprint density at radius 1 is 1.37 bits per heavy atom. The Labute approximate surface area is 213 Å². The van der Waals surface area contributed by atoms with E-state index >= 15 is 0 Å². The second kappa shape index (κ2) is 10.4. The van der Waals surface area contributed by atoms with Crippen molar-refractivity contribution >= 4 is 61.6 Å². The second-order valence-electron chi connectivity index (χ2n) is 8.87. The van der Waals surface area contributed by atoms with Crippen LogP contribution in [-0.4, -0.2) is 69.7 Å². The predicted octanol–water partition coefficient (Wildman–Crippen LogP) is 2.62. The number of fused-ring (bicyclic) bond motifs is 1. The lowest BCUT2D eigenvalue weighted by atomic mass is 10.2. The summed E-state index contributed by atoms with van der Waals surface area (Å²) in [4.78, 5) is 33.0. The first kappa shape index (κ1) is 25.8. The molecule has 35 heavy (non-hydrogen) atoms. The number of nitrogens with one attached hydrogen (secondary N) is 1. The molecule has 1 atom stereocenters. The smallest absolute Gasteiger partial charge is 0.267 e. The van der Waals surface area contributed by atoms with Crippen LogP contribution in [0.2, 0.25) is 0 Å². The van der Waals surface area contributed by atoms with Gasteiger partial charge in [-0.25, -0.2) is 13.4 Å². The van der Waals surface area contributed by atoms with Crippen LogP contribution in [0.15, 0.2) is 28.0 Å². The molecule has 0 bridgehead atoms. The summed E-state index contributed by atoms with van der Waals surface area (Å²) in [6.45, 7) is 6.91. The molecule has 4 rings (SSSR count). The highest BCUT2D eigenvalue weighted by Gasteiger charge is 2.42. The van der Waals surface area contributed by atoms with E-state index in [-0.39, 0.29) is 39.5 Å². The van der Waals surface area contributed by atoms with Gasteiger partial charge in [0.2, 0.25) is 0 Å². The van der Waals surface area contributed by atoms with E-state index in [9.17, 15) is 18.0 Å². The summed E-state index contributed by atoms with van der Waals surface area (Å²) in [5.41, 5.74) is 1.31. The van der Waals surface area contributed by atoms with Crippen LogP contribution >= 0.6 is 24.0 Å². The maximum absolute atomic E-state index is 13.4. The van der Waals surface area contributed by atoms with Crippen molar-refractivity contribution in [3.63, 3.8) is 0 Å². The van der Waals surface area contributed by atoms with Gasteiger partial charge in [0.1, 0.15) is 15.8 Å². The highest BCUT2D eigenvalue weighted by atomic mass is 32.2. The van der Waals surface area contributed by atoms with Crippen molar-refractivity contribution in [2.45, 2.75) is 45.8 Å². The number of carbonyl (C=O) groups excluding carboxylic acids is 1. The summed E-state index contributed by atoms with van der Waals surface area (Å²) in [5.74, 6) is -0.0653. The zero-order valence-electron chi connectivity index (χ0n) is 19.8. The van der Waals surface area contributed by atoms with Crippen LogP contribution in [-0.2, 0) is 19.4 Å². The van der Waals surface area contributed by atoms with Gasteiger partial charge in [-0.05, 0) is 51.3 Å². The van der Waals surface area contributed by atoms with E-state index in [1.807, 2.05) is 26.8 Å². The van der Waals surface area contributed by atoms with E-state index in [1.165, 1.54) is 15.4 Å². The van der Waals surface area contributed by atoms with Crippen molar-refractivity contribution in [1.29, 1.82) is 0 Å². The molecule has 4 heterocycles. The Morgan fingerprint density at radius 2 is 2.14 bits per heavy atom. The number of nitrogens with zero attached hydrogens (tertiary/aromatic N) is 3. The molecule has 0 aromatic carbocycles. The molecule has 9 nitrogen and oxygen atoms in total. The molecule has 0 saturated carbocycles. The van der Waals surface area contributed by atoms with Gasteiger partial charge in [-0.3, -0.25) is 18.9 Å². The zero-order valence-corrected chi connectivity index (χ0v) is 22.3. The van der Waals surface area contributed by atoms with Gasteiger partial charge in [-0.2, -0.15) is 0 Å². The number of anilines is 1. The maximum Gasteiger partial charge on any atom is 0.267 e. The van der Waals surface area contributed by atoms with Crippen LogP contribution in [0.3, 0.4) is 0 Å². The number of aryl methyl sites for hydroxylation is 1. The minimum absolute atomic E-state index is 0.0393. The number of carbonyl (C=O) groups is 1. The molecule has 2 aromatic rings. The third-order valence-electron chi connectivity index (χ3n) is 5.82. The molecule has 0 unspecified atom stereocenters. The number of hydrogen-bond acceptors (Lipinski definition) is 9. The summed E-state index contributed by atoms with van der Waals surface area (Å²) in [6, 6.07) is 3.17. The van der Waals surface area contributed by atoms with Crippen molar-refractivity contribution in [2.24, 2.45) is 0 Å². The Kier molecular flexibility index (Phi) is 7.65. The van der Waals surface area contributed by atoms with Crippen molar-refractivity contribution in [3.05, 3.63) is 44.7 Å². The predicted molar refractivity (Wildman–Crippen MR) is 142 cm³/mol. The summed E-state index contributed by atoms with van der Waals surface area (Å²) in [5, 5.41) is 3.23. The number of thiocarbonyl (C=S) groups is 1. The number of rotatable bonds is 8. The first-order valence-electron chi connectivity index (χ1n) is 11.4. The molecule has 0 aliphatic carbocycles. The molecular weight excluding hydrogens is 508 g/mol. The molecule has 2 aliphatic rings. The highest BCUT2D eigenvalue weighted by Crippen LogP contribution is 2.36. The zero-order chi connectivity index (χ0) is 25.3. The average Bonchev–Trinajstić information content (AvgIpc) is 3.27. The average molecular weight is 537 g/mol. The molecule has 2 saturated heterocycles. The summed E-state index contributed by atoms with van der Waals surface area (Å²) in [7, 11) is -3.18. The topological polar surface area (TPSA) is 110 Å². The minimum atomic E-state index is -3.18. The number of ether oxygens (including phenoxy) is 1. The van der Waals surface area contributed by atoms with E-state index in [4.69, 9.17) is 21.9 Å². The van der Waals surface area contributed by atoms with Crippen LogP contribution < -0.4 is 10.9 Å². The van der Waals surface area contributed by atoms with E-state index < -0.39 is 15.9 Å². The van der Waals surface area contributed by atoms with Crippen LogP contribution in [0.1, 0.15) is 37.8 Å². The summed E-state index contributed by atoms with van der Waals surface area (Å²) in [6.07, 6.45) is 4.36. The van der Waals surface area contributed by atoms with Crippen LogP contribution in [0.4, 0.5) is 5.82 Å². The summed E-state index contributed by atoms with van der Waals surface area (Å²) < 4.78 is 31.2. The Bertz CT molecular complexity index is 1370. The molecule has 0 spiro atoms. The Morgan fingerprint density at radius 3 is 2.83 bits per heavy atom. The fourth-order valence-electron chi connectivity index (χ4n) is 4.08. The van der Waals surface area contributed by atoms with Gasteiger partial charge in [0.25, 0.3) is 11.5 Å². The lowest BCUT2D eigenvalue weighted by molar-refractivity contribution is -0.123. The second-order valence-corrected chi connectivity index (χ2v) is 12.8. The molecule has 12 heteroatoms. The quantitative estimate of drug-likeness (QED) is 0.309.